The minimum Gasteiger partial charge on any atom is -0.322 e. The number of nitrogens with zero attached hydrogens (tertiary/aromatic N) is 2. The summed E-state index contributed by atoms with van der Waals surface area (Å²) in [5.74, 6) is 4.53. The fourth-order valence-corrected chi connectivity index (χ4v) is 5.36. The summed E-state index contributed by atoms with van der Waals surface area (Å²) in [5.41, 5.74) is 7.66. The van der Waals surface area contributed by atoms with Crippen LogP contribution >= 0.6 is 0 Å². The van der Waals surface area contributed by atoms with E-state index >= 15 is 0 Å². The van der Waals surface area contributed by atoms with Crippen molar-refractivity contribution in [2.45, 2.75) is 38.1 Å². The van der Waals surface area contributed by atoms with Gasteiger partial charge in [0.2, 0.25) is 0 Å². The minimum absolute atomic E-state index is 0.168. The van der Waals surface area contributed by atoms with E-state index in [-0.39, 0.29) is 6.04 Å². The lowest BCUT2D eigenvalue weighted by Gasteiger charge is -2.55. The van der Waals surface area contributed by atoms with Crippen molar-refractivity contribution in [3.8, 4) is 0 Å². The minimum atomic E-state index is 0.168. The number of nitrogens with two attached hydrogens (primary N) is 1. The van der Waals surface area contributed by atoms with Crippen LogP contribution < -0.4 is 5.73 Å². The van der Waals surface area contributed by atoms with Crippen LogP contribution in [0.4, 0.5) is 0 Å². The maximum atomic E-state index is 6.56. The van der Waals surface area contributed by atoms with Gasteiger partial charge in [0, 0.05) is 13.2 Å². The van der Waals surface area contributed by atoms with Gasteiger partial charge >= 0.3 is 0 Å². The summed E-state index contributed by atoms with van der Waals surface area (Å²) in [6, 6.07) is 2.27. The molecule has 5 rings (SSSR count). The second kappa shape index (κ2) is 3.83. The summed E-state index contributed by atoms with van der Waals surface area (Å²) >= 11 is 0. The van der Waals surface area contributed by atoms with E-state index in [1.54, 1.807) is 0 Å². The molecule has 0 spiro atoms. The monoisotopic (exact) mass is 245 g/mol. The lowest BCUT2D eigenvalue weighted by molar-refractivity contribution is -0.0477. The smallest absolute Gasteiger partial charge is 0.0794 e. The molecule has 4 fully saturated rings. The number of rotatable bonds is 2. The second-order valence-corrected chi connectivity index (χ2v) is 6.95. The zero-order valence-corrected chi connectivity index (χ0v) is 11.1. The van der Waals surface area contributed by atoms with E-state index in [4.69, 9.17) is 5.73 Å². The van der Waals surface area contributed by atoms with Crippen LogP contribution in [0.2, 0.25) is 0 Å². The Morgan fingerprint density at radius 2 is 1.78 bits per heavy atom. The molecule has 4 aliphatic rings. The Labute approximate surface area is 109 Å². The number of aryl methyl sites for hydroxylation is 1. The van der Waals surface area contributed by atoms with Crippen LogP contribution in [0.3, 0.4) is 0 Å². The van der Waals surface area contributed by atoms with Crippen molar-refractivity contribution < 1.29 is 0 Å². The van der Waals surface area contributed by atoms with Crippen molar-refractivity contribution in [3.63, 3.8) is 0 Å². The molecule has 18 heavy (non-hydrogen) atoms. The second-order valence-electron chi connectivity index (χ2n) is 6.95. The Balaban J connectivity index is 1.61. The first-order chi connectivity index (χ1) is 8.70. The third-order valence-electron chi connectivity index (χ3n) is 5.79. The molecule has 3 nitrogen and oxygen atoms in total. The molecule has 1 aromatic heterocycles. The highest BCUT2D eigenvalue weighted by Gasteiger charge is 2.50. The van der Waals surface area contributed by atoms with Gasteiger partial charge in [0.05, 0.1) is 11.7 Å². The average molecular weight is 245 g/mol. The largest absolute Gasteiger partial charge is 0.322 e. The van der Waals surface area contributed by atoms with Crippen molar-refractivity contribution in [3.05, 3.63) is 18.0 Å². The van der Waals surface area contributed by atoms with Gasteiger partial charge in [-0.25, -0.2) is 0 Å². The third-order valence-corrected chi connectivity index (χ3v) is 5.79. The van der Waals surface area contributed by atoms with Crippen LogP contribution in [-0.4, -0.2) is 9.78 Å². The van der Waals surface area contributed by atoms with Gasteiger partial charge in [-0.3, -0.25) is 4.68 Å². The van der Waals surface area contributed by atoms with E-state index in [2.05, 4.69) is 11.2 Å². The molecule has 0 aliphatic heterocycles. The van der Waals surface area contributed by atoms with Crippen LogP contribution in [0, 0.1) is 29.6 Å². The Kier molecular flexibility index (Phi) is 2.35. The van der Waals surface area contributed by atoms with Gasteiger partial charge in [-0.2, -0.15) is 5.10 Å². The molecule has 0 amide bonds. The summed E-state index contributed by atoms with van der Waals surface area (Å²) in [6.07, 6.45) is 9.30. The third kappa shape index (κ3) is 1.56. The molecule has 0 saturated heterocycles. The Bertz CT molecular complexity index is 422. The summed E-state index contributed by atoms with van der Waals surface area (Å²) in [6.45, 7) is 0. The quantitative estimate of drug-likeness (QED) is 0.870. The Hall–Kier alpha value is -0.830. The van der Waals surface area contributed by atoms with Gasteiger partial charge in [0.25, 0.3) is 0 Å². The van der Waals surface area contributed by atoms with Crippen LogP contribution in [0.1, 0.15) is 43.8 Å². The van der Waals surface area contributed by atoms with Crippen molar-refractivity contribution in [2.75, 3.05) is 0 Å². The van der Waals surface area contributed by atoms with E-state index in [0.29, 0.717) is 5.92 Å². The van der Waals surface area contributed by atoms with Gasteiger partial charge < -0.3 is 5.73 Å². The maximum absolute atomic E-state index is 6.56. The van der Waals surface area contributed by atoms with Crippen molar-refractivity contribution in [2.24, 2.45) is 42.4 Å². The standard InChI is InChI=1S/C15H23N3/c1-18-3-2-13(17-18)15(16)14-11-5-9-4-10(7-11)8-12(14)6-9/h2-3,9-12,14-15H,4-8,16H2,1H3. The van der Waals surface area contributed by atoms with Crippen LogP contribution in [-0.2, 0) is 7.05 Å². The highest BCUT2D eigenvalue weighted by atomic mass is 15.3. The molecule has 4 aliphatic carbocycles. The molecule has 98 valence electrons. The highest BCUT2D eigenvalue weighted by molar-refractivity contribution is 5.11. The molecule has 1 heterocycles. The zero-order valence-electron chi connectivity index (χ0n) is 11.1. The normalized spacial score (nSPS) is 43.3. The fourth-order valence-electron chi connectivity index (χ4n) is 5.36. The number of hydrogen-bond acceptors (Lipinski definition) is 2. The molecule has 4 saturated carbocycles. The number of hydrogen-bond donors (Lipinski definition) is 1. The molecule has 2 N–H and O–H groups in total. The lowest BCUT2D eigenvalue weighted by atomic mass is 9.50. The molecule has 0 radical (unpaired) electrons. The van der Waals surface area contributed by atoms with Gasteiger partial charge in [0.15, 0.2) is 0 Å². The molecular weight excluding hydrogens is 222 g/mol. The topological polar surface area (TPSA) is 43.8 Å². The van der Waals surface area contributed by atoms with Gasteiger partial charge in [0.1, 0.15) is 0 Å². The van der Waals surface area contributed by atoms with E-state index in [9.17, 15) is 0 Å². The molecule has 4 bridgehead atoms. The van der Waals surface area contributed by atoms with E-state index < -0.39 is 0 Å². The van der Waals surface area contributed by atoms with Crippen LogP contribution in [0.25, 0.3) is 0 Å². The van der Waals surface area contributed by atoms with E-state index in [1.807, 2.05) is 17.9 Å². The predicted octanol–water partition coefficient (Wildman–Crippen LogP) is 2.49. The SMILES string of the molecule is Cn1ccc(C(N)C2C3CC4CC(C3)CC2C4)n1. The first-order valence-electron chi connectivity index (χ1n) is 7.46. The fraction of sp³-hybridized carbons (Fsp3) is 0.800. The molecule has 1 atom stereocenters. The van der Waals surface area contributed by atoms with Crippen LogP contribution in [0.5, 0.6) is 0 Å². The number of aromatic nitrogens is 2. The molecule has 1 aromatic rings. The Morgan fingerprint density at radius 1 is 1.17 bits per heavy atom. The van der Waals surface area contributed by atoms with Crippen molar-refractivity contribution in [1.29, 1.82) is 0 Å². The first kappa shape index (κ1) is 11.0. The summed E-state index contributed by atoms with van der Waals surface area (Å²) < 4.78 is 1.88. The van der Waals surface area contributed by atoms with Crippen molar-refractivity contribution >= 4 is 0 Å². The van der Waals surface area contributed by atoms with Crippen molar-refractivity contribution in [1.82, 2.24) is 9.78 Å². The van der Waals surface area contributed by atoms with E-state index in [0.717, 1.165) is 29.4 Å². The summed E-state index contributed by atoms with van der Waals surface area (Å²) in [4.78, 5) is 0. The van der Waals surface area contributed by atoms with Gasteiger partial charge in [-0.15, -0.1) is 0 Å². The molecule has 0 aromatic carbocycles. The first-order valence-corrected chi connectivity index (χ1v) is 7.46. The molecule has 1 unspecified atom stereocenters. The van der Waals surface area contributed by atoms with Gasteiger partial charge in [-0.1, -0.05) is 0 Å². The lowest BCUT2D eigenvalue weighted by Crippen LogP contribution is -2.48. The highest BCUT2D eigenvalue weighted by Crippen LogP contribution is 2.58. The van der Waals surface area contributed by atoms with Crippen LogP contribution in [0.15, 0.2) is 12.3 Å². The zero-order chi connectivity index (χ0) is 12.3. The summed E-state index contributed by atoms with van der Waals surface area (Å²) in [7, 11) is 1.98. The maximum Gasteiger partial charge on any atom is 0.0794 e. The Morgan fingerprint density at radius 3 is 2.28 bits per heavy atom. The average Bonchev–Trinajstić information content (AvgIpc) is 2.74. The van der Waals surface area contributed by atoms with Gasteiger partial charge in [-0.05, 0) is 67.8 Å². The molecule has 3 heteroatoms. The van der Waals surface area contributed by atoms with E-state index in [1.165, 1.54) is 32.1 Å². The molecular formula is C15H23N3. The predicted molar refractivity (Wildman–Crippen MR) is 70.7 cm³/mol. The summed E-state index contributed by atoms with van der Waals surface area (Å²) in [5, 5.41) is 4.53.